The third-order valence-electron chi connectivity index (χ3n) is 8.10. The lowest BCUT2D eigenvalue weighted by atomic mass is 9.60. The average Bonchev–Trinajstić information content (AvgIpc) is 3.52. The lowest BCUT2D eigenvalue weighted by Crippen LogP contribution is -2.56. The maximum absolute atomic E-state index is 13.5. The van der Waals surface area contributed by atoms with E-state index in [1.165, 1.54) is 25.7 Å². The summed E-state index contributed by atoms with van der Waals surface area (Å²) < 4.78 is 5.72. The summed E-state index contributed by atoms with van der Waals surface area (Å²) in [7, 11) is 0. The highest BCUT2D eigenvalue weighted by Gasteiger charge is 2.67. The molecule has 2 amide bonds. The van der Waals surface area contributed by atoms with Crippen LogP contribution >= 0.6 is 0 Å². The van der Waals surface area contributed by atoms with Gasteiger partial charge in [0.05, 0.1) is 17.5 Å². The van der Waals surface area contributed by atoms with E-state index in [1.807, 2.05) is 35.2 Å². The molecule has 2 aliphatic heterocycles. The zero-order valence-electron chi connectivity index (χ0n) is 17.1. The number of likely N-dealkylation sites (tertiary alicyclic amines) is 1. The molecule has 1 aromatic carbocycles. The van der Waals surface area contributed by atoms with Crippen molar-refractivity contribution >= 4 is 12.0 Å². The fourth-order valence-electron chi connectivity index (χ4n) is 6.96. The summed E-state index contributed by atoms with van der Waals surface area (Å²) in [5.41, 5.74) is 0.593. The molecule has 0 bridgehead atoms. The number of nitrogens with zero attached hydrogens (tertiary/aromatic N) is 1. The molecule has 2 aliphatic carbocycles. The van der Waals surface area contributed by atoms with Crippen LogP contribution in [0.25, 0.3) is 0 Å². The number of carbonyl (C=O) groups is 2. The van der Waals surface area contributed by atoms with Gasteiger partial charge in [-0.05, 0) is 49.5 Å². The Morgan fingerprint density at radius 2 is 1.62 bits per heavy atom. The molecular formula is C24H32N2O3. The van der Waals surface area contributed by atoms with E-state index in [-0.39, 0.29) is 30.7 Å². The standard InChI is InChI=1S/C24H32N2O3/c27-22-24(18-10-4-5-11-18,19-12-6-7-13-19)21-20(25-22)14-15-26(21)23(28)29-16-17-8-2-1-3-9-17/h1-3,8-9,18-21H,4-7,10-16H2,(H,25,27)/t20-,21-/m0/s1. The number of nitrogens with one attached hydrogen (secondary N) is 1. The van der Waals surface area contributed by atoms with Crippen LogP contribution in [-0.2, 0) is 16.1 Å². The number of benzene rings is 1. The number of carbonyl (C=O) groups excluding carboxylic acids is 2. The molecule has 156 valence electrons. The van der Waals surface area contributed by atoms with Crippen molar-refractivity contribution in [2.45, 2.75) is 76.5 Å². The Morgan fingerprint density at radius 3 is 2.24 bits per heavy atom. The van der Waals surface area contributed by atoms with Gasteiger partial charge in [-0.15, -0.1) is 0 Å². The molecule has 0 spiro atoms. The molecule has 0 radical (unpaired) electrons. The van der Waals surface area contributed by atoms with Crippen molar-refractivity contribution in [2.24, 2.45) is 17.3 Å². The van der Waals surface area contributed by atoms with E-state index in [1.54, 1.807) is 0 Å². The van der Waals surface area contributed by atoms with Gasteiger partial charge in [0.1, 0.15) is 6.61 Å². The monoisotopic (exact) mass is 396 g/mol. The van der Waals surface area contributed by atoms with Crippen molar-refractivity contribution in [3.8, 4) is 0 Å². The van der Waals surface area contributed by atoms with Gasteiger partial charge in [-0.1, -0.05) is 56.0 Å². The number of rotatable bonds is 4. The molecule has 5 rings (SSSR count). The first kappa shape index (κ1) is 19.0. The first-order chi connectivity index (χ1) is 14.2. The van der Waals surface area contributed by atoms with Crippen molar-refractivity contribution < 1.29 is 14.3 Å². The second-order valence-electron chi connectivity index (χ2n) is 9.44. The van der Waals surface area contributed by atoms with Gasteiger partial charge in [0.25, 0.3) is 0 Å². The Hall–Kier alpha value is -2.04. The first-order valence-corrected chi connectivity index (χ1v) is 11.5. The van der Waals surface area contributed by atoms with Crippen LogP contribution in [0.4, 0.5) is 4.79 Å². The fourth-order valence-corrected chi connectivity index (χ4v) is 6.96. The van der Waals surface area contributed by atoms with Crippen molar-refractivity contribution in [2.75, 3.05) is 6.54 Å². The molecule has 2 heterocycles. The number of ether oxygens (including phenoxy) is 1. The van der Waals surface area contributed by atoms with Crippen molar-refractivity contribution in [1.29, 1.82) is 0 Å². The number of fused-ring (bicyclic) bond motifs is 1. The summed E-state index contributed by atoms with van der Waals surface area (Å²) in [4.78, 5) is 28.6. The highest BCUT2D eigenvalue weighted by Crippen LogP contribution is 2.58. The topological polar surface area (TPSA) is 58.6 Å². The summed E-state index contributed by atoms with van der Waals surface area (Å²) in [5, 5.41) is 3.33. The van der Waals surface area contributed by atoms with Gasteiger partial charge in [0.2, 0.25) is 5.91 Å². The molecule has 1 aromatic rings. The van der Waals surface area contributed by atoms with Crippen LogP contribution in [0.1, 0.15) is 63.4 Å². The quantitative estimate of drug-likeness (QED) is 0.827. The maximum Gasteiger partial charge on any atom is 0.410 e. The van der Waals surface area contributed by atoms with Gasteiger partial charge >= 0.3 is 6.09 Å². The lowest BCUT2D eigenvalue weighted by molar-refractivity contribution is -0.137. The molecule has 1 N–H and O–H groups in total. The van der Waals surface area contributed by atoms with Crippen LogP contribution in [0.15, 0.2) is 30.3 Å². The Balaban J connectivity index is 1.42. The summed E-state index contributed by atoms with van der Waals surface area (Å²) in [6.45, 7) is 0.971. The number of hydrogen-bond donors (Lipinski definition) is 1. The number of hydrogen-bond acceptors (Lipinski definition) is 3. The number of amides is 2. The molecule has 2 saturated heterocycles. The molecule has 5 heteroatoms. The van der Waals surface area contributed by atoms with E-state index in [0.29, 0.717) is 18.4 Å². The van der Waals surface area contributed by atoms with Crippen LogP contribution in [0, 0.1) is 17.3 Å². The molecule has 2 saturated carbocycles. The average molecular weight is 397 g/mol. The van der Waals surface area contributed by atoms with E-state index in [4.69, 9.17) is 4.74 Å². The molecule has 5 nitrogen and oxygen atoms in total. The van der Waals surface area contributed by atoms with Crippen molar-refractivity contribution in [3.63, 3.8) is 0 Å². The predicted molar refractivity (Wildman–Crippen MR) is 110 cm³/mol. The van der Waals surface area contributed by atoms with Crippen LogP contribution < -0.4 is 5.32 Å². The summed E-state index contributed by atoms with van der Waals surface area (Å²) in [6, 6.07) is 9.88. The molecule has 4 aliphatic rings. The van der Waals surface area contributed by atoms with Crippen molar-refractivity contribution in [3.05, 3.63) is 35.9 Å². The Kier molecular flexibility index (Phi) is 5.00. The normalized spacial score (nSPS) is 29.2. The minimum Gasteiger partial charge on any atom is -0.445 e. The van der Waals surface area contributed by atoms with Crippen LogP contribution in [0.2, 0.25) is 0 Å². The second kappa shape index (κ2) is 7.66. The summed E-state index contributed by atoms with van der Waals surface area (Å²) >= 11 is 0. The van der Waals surface area contributed by atoms with Gasteiger partial charge in [-0.2, -0.15) is 0 Å². The van der Waals surface area contributed by atoms with Gasteiger partial charge in [-0.3, -0.25) is 4.79 Å². The Morgan fingerprint density at radius 1 is 1.00 bits per heavy atom. The van der Waals surface area contributed by atoms with Gasteiger partial charge in [0, 0.05) is 6.54 Å². The highest BCUT2D eigenvalue weighted by atomic mass is 16.6. The fraction of sp³-hybridized carbons (Fsp3) is 0.667. The van der Waals surface area contributed by atoms with Crippen molar-refractivity contribution in [1.82, 2.24) is 10.2 Å². The lowest BCUT2D eigenvalue weighted by Gasteiger charge is -2.45. The van der Waals surface area contributed by atoms with Gasteiger partial charge < -0.3 is 15.0 Å². The van der Waals surface area contributed by atoms with E-state index in [9.17, 15) is 9.59 Å². The Bertz CT molecular complexity index is 737. The smallest absolute Gasteiger partial charge is 0.410 e. The molecule has 4 fully saturated rings. The van der Waals surface area contributed by atoms with Crippen LogP contribution in [0.3, 0.4) is 0 Å². The third kappa shape index (κ3) is 3.04. The maximum atomic E-state index is 13.5. The highest BCUT2D eigenvalue weighted by molar-refractivity contribution is 5.89. The van der Waals surface area contributed by atoms with Gasteiger partial charge in [0.15, 0.2) is 0 Å². The molecule has 0 aromatic heterocycles. The predicted octanol–water partition coefficient (Wildman–Crippen LogP) is 4.26. The van der Waals surface area contributed by atoms with Crippen LogP contribution in [0.5, 0.6) is 0 Å². The second-order valence-corrected chi connectivity index (χ2v) is 9.44. The minimum absolute atomic E-state index is 0.0375. The Labute approximate surface area is 173 Å². The SMILES string of the molecule is O=C(OCc1ccccc1)N1CC[C@@H]2NC(=O)C(C3CCCC3)(C3CCCC3)[C@H]21. The van der Waals surface area contributed by atoms with E-state index in [0.717, 1.165) is 37.7 Å². The molecule has 29 heavy (non-hydrogen) atoms. The largest absolute Gasteiger partial charge is 0.445 e. The zero-order valence-corrected chi connectivity index (χ0v) is 17.1. The summed E-state index contributed by atoms with van der Waals surface area (Å²) in [5.74, 6) is 1.04. The zero-order chi connectivity index (χ0) is 19.8. The van der Waals surface area contributed by atoms with E-state index in [2.05, 4.69) is 5.32 Å². The molecular weight excluding hydrogens is 364 g/mol. The van der Waals surface area contributed by atoms with Gasteiger partial charge in [-0.25, -0.2) is 4.79 Å². The third-order valence-corrected chi connectivity index (χ3v) is 8.10. The molecule has 2 atom stereocenters. The molecule has 0 unspecified atom stereocenters. The summed E-state index contributed by atoms with van der Waals surface area (Å²) in [6.07, 6.45) is 9.94. The van der Waals surface area contributed by atoms with Crippen LogP contribution in [-0.4, -0.2) is 35.5 Å². The first-order valence-electron chi connectivity index (χ1n) is 11.5. The minimum atomic E-state index is -0.403. The van der Waals surface area contributed by atoms with E-state index < -0.39 is 5.41 Å². The van der Waals surface area contributed by atoms with E-state index >= 15 is 0 Å².